The lowest BCUT2D eigenvalue weighted by Crippen LogP contribution is -2.09. The maximum absolute atomic E-state index is 12.6. The first-order chi connectivity index (χ1) is 9.40. The van der Waals surface area contributed by atoms with Crippen LogP contribution in [0, 0.1) is 11.3 Å². The maximum Gasteiger partial charge on any atom is 0.433 e. The van der Waals surface area contributed by atoms with Crippen LogP contribution >= 0.6 is 0 Å². The Labute approximate surface area is 112 Å². The molecule has 0 aliphatic rings. The zero-order valence-electron chi connectivity index (χ0n) is 10.1. The van der Waals surface area contributed by atoms with E-state index >= 15 is 0 Å². The Bertz CT molecular complexity index is 674. The molecule has 0 aliphatic carbocycles. The van der Waals surface area contributed by atoms with E-state index < -0.39 is 11.9 Å². The van der Waals surface area contributed by atoms with Crippen molar-refractivity contribution in [3.63, 3.8) is 0 Å². The normalized spacial score (nSPS) is 10.9. The number of pyridine rings is 1. The van der Waals surface area contributed by atoms with Crippen molar-refractivity contribution in [1.29, 1.82) is 5.26 Å². The molecule has 2 rings (SSSR count). The van der Waals surface area contributed by atoms with Crippen LogP contribution in [0.1, 0.15) is 11.3 Å². The van der Waals surface area contributed by atoms with Gasteiger partial charge in [-0.15, -0.1) is 0 Å². The Balaban J connectivity index is 2.35. The molecular weight excluding hydrogens is 269 g/mol. The van der Waals surface area contributed by atoms with Gasteiger partial charge >= 0.3 is 6.18 Å². The van der Waals surface area contributed by atoms with Crippen molar-refractivity contribution >= 4 is 17.1 Å². The Morgan fingerprint density at radius 2 is 2.00 bits per heavy atom. The number of nitrogens with two attached hydrogens (primary N) is 1. The third kappa shape index (κ3) is 2.98. The first-order valence-corrected chi connectivity index (χ1v) is 5.50. The number of nitriles is 1. The van der Waals surface area contributed by atoms with E-state index in [0.29, 0.717) is 11.3 Å². The summed E-state index contributed by atoms with van der Waals surface area (Å²) in [4.78, 5) is 3.24. The smallest absolute Gasteiger partial charge is 0.396 e. The second kappa shape index (κ2) is 5.09. The molecule has 3 N–H and O–H groups in total. The topological polar surface area (TPSA) is 74.7 Å². The minimum atomic E-state index is -4.54. The quantitative estimate of drug-likeness (QED) is 0.883. The molecular formula is C13H9F3N4. The fourth-order valence-electron chi connectivity index (χ4n) is 1.55. The van der Waals surface area contributed by atoms with Gasteiger partial charge in [-0.2, -0.15) is 18.4 Å². The zero-order valence-corrected chi connectivity index (χ0v) is 10.1. The van der Waals surface area contributed by atoms with Crippen LogP contribution in [0.2, 0.25) is 0 Å². The van der Waals surface area contributed by atoms with Crippen molar-refractivity contribution in [3.8, 4) is 6.07 Å². The van der Waals surface area contributed by atoms with Crippen molar-refractivity contribution in [1.82, 2.24) is 4.98 Å². The predicted octanol–water partition coefficient (Wildman–Crippen LogP) is 3.30. The van der Waals surface area contributed by atoms with E-state index in [9.17, 15) is 13.2 Å². The number of alkyl halides is 3. The van der Waals surface area contributed by atoms with Gasteiger partial charge in [-0.25, -0.2) is 4.98 Å². The van der Waals surface area contributed by atoms with Crippen LogP contribution in [0.25, 0.3) is 0 Å². The summed E-state index contributed by atoms with van der Waals surface area (Å²) in [5.41, 5.74) is 5.58. The summed E-state index contributed by atoms with van der Waals surface area (Å²) in [6, 6.07) is 9.09. The number of benzene rings is 1. The molecule has 7 heteroatoms. The number of nitrogen functional groups attached to an aromatic ring is 1. The molecule has 0 saturated heterocycles. The van der Waals surface area contributed by atoms with Crippen molar-refractivity contribution in [2.75, 3.05) is 11.1 Å². The number of halogens is 3. The zero-order chi connectivity index (χ0) is 14.8. The van der Waals surface area contributed by atoms with E-state index in [2.05, 4.69) is 10.3 Å². The number of anilines is 3. The van der Waals surface area contributed by atoms with Crippen LogP contribution in [-0.4, -0.2) is 4.98 Å². The number of hydrogen-bond donors (Lipinski definition) is 2. The third-order valence-electron chi connectivity index (χ3n) is 2.50. The van der Waals surface area contributed by atoms with Crippen molar-refractivity contribution in [2.24, 2.45) is 0 Å². The molecule has 0 amide bonds. The van der Waals surface area contributed by atoms with Gasteiger partial charge in [-0.3, -0.25) is 0 Å². The van der Waals surface area contributed by atoms with Gasteiger partial charge in [0.1, 0.15) is 5.69 Å². The van der Waals surface area contributed by atoms with Crippen molar-refractivity contribution in [3.05, 3.63) is 47.8 Å². The standard InChI is InChI=1S/C13H9F3N4/c14-13(15,16)12-5-11(10(18)7-19-12)20-9-3-1-2-8(4-9)6-17/h1-5,7H,18H2,(H,19,20). The molecule has 0 radical (unpaired) electrons. The van der Waals surface area contributed by atoms with E-state index in [1.165, 1.54) is 6.07 Å². The van der Waals surface area contributed by atoms with Gasteiger partial charge in [0, 0.05) is 5.69 Å². The van der Waals surface area contributed by atoms with Gasteiger partial charge in [0.15, 0.2) is 0 Å². The Kier molecular flexibility index (Phi) is 3.48. The van der Waals surface area contributed by atoms with Crippen LogP contribution in [0.4, 0.5) is 30.2 Å². The van der Waals surface area contributed by atoms with E-state index in [-0.39, 0.29) is 11.4 Å². The minimum absolute atomic E-state index is 0.0837. The van der Waals surface area contributed by atoms with Crippen LogP contribution in [-0.2, 0) is 6.18 Å². The first-order valence-electron chi connectivity index (χ1n) is 5.50. The SMILES string of the molecule is N#Cc1cccc(Nc2cc(C(F)(F)F)ncc2N)c1. The Hall–Kier alpha value is -2.75. The molecule has 4 nitrogen and oxygen atoms in total. The molecule has 0 fully saturated rings. The van der Waals surface area contributed by atoms with E-state index in [4.69, 9.17) is 11.0 Å². The average molecular weight is 278 g/mol. The highest BCUT2D eigenvalue weighted by Crippen LogP contribution is 2.32. The molecule has 0 bridgehead atoms. The lowest BCUT2D eigenvalue weighted by Gasteiger charge is -2.12. The number of nitrogens with one attached hydrogen (secondary N) is 1. The van der Waals surface area contributed by atoms with Crippen LogP contribution in [0.3, 0.4) is 0 Å². The summed E-state index contributed by atoms with van der Waals surface area (Å²) in [5.74, 6) is 0. The fraction of sp³-hybridized carbons (Fsp3) is 0.0769. The molecule has 1 aromatic heterocycles. The molecule has 1 heterocycles. The van der Waals surface area contributed by atoms with Gasteiger partial charge in [0.05, 0.1) is 29.2 Å². The summed E-state index contributed by atoms with van der Waals surface area (Å²) in [6.07, 6.45) is -3.60. The second-order valence-electron chi connectivity index (χ2n) is 3.97. The summed E-state index contributed by atoms with van der Waals surface area (Å²) in [7, 11) is 0. The highest BCUT2D eigenvalue weighted by molar-refractivity contribution is 5.72. The maximum atomic E-state index is 12.6. The summed E-state index contributed by atoms with van der Waals surface area (Å²) < 4.78 is 37.7. The lowest BCUT2D eigenvalue weighted by molar-refractivity contribution is -0.141. The predicted molar refractivity (Wildman–Crippen MR) is 68.1 cm³/mol. The molecule has 1 aromatic carbocycles. The lowest BCUT2D eigenvalue weighted by atomic mass is 10.2. The molecule has 0 atom stereocenters. The van der Waals surface area contributed by atoms with Crippen LogP contribution in [0.5, 0.6) is 0 Å². The first kappa shape index (κ1) is 13.7. The highest BCUT2D eigenvalue weighted by Gasteiger charge is 2.32. The third-order valence-corrected chi connectivity index (χ3v) is 2.50. The van der Waals surface area contributed by atoms with Gasteiger partial charge in [-0.05, 0) is 24.3 Å². The molecule has 102 valence electrons. The second-order valence-corrected chi connectivity index (χ2v) is 3.97. The fourth-order valence-corrected chi connectivity index (χ4v) is 1.55. The van der Waals surface area contributed by atoms with Crippen LogP contribution in [0.15, 0.2) is 36.5 Å². The Morgan fingerprint density at radius 1 is 1.25 bits per heavy atom. The number of rotatable bonds is 2. The molecule has 0 spiro atoms. The van der Waals surface area contributed by atoms with Gasteiger partial charge in [0.25, 0.3) is 0 Å². The van der Waals surface area contributed by atoms with E-state index in [1.54, 1.807) is 18.2 Å². The number of aromatic nitrogens is 1. The highest BCUT2D eigenvalue weighted by atomic mass is 19.4. The molecule has 20 heavy (non-hydrogen) atoms. The number of hydrogen-bond acceptors (Lipinski definition) is 4. The largest absolute Gasteiger partial charge is 0.433 e. The van der Waals surface area contributed by atoms with Crippen molar-refractivity contribution in [2.45, 2.75) is 6.18 Å². The summed E-state index contributed by atoms with van der Waals surface area (Å²) in [6.45, 7) is 0. The summed E-state index contributed by atoms with van der Waals surface area (Å²) >= 11 is 0. The van der Waals surface area contributed by atoms with E-state index in [1.807, 2.05) is 6.07 Å². The monoisotopic (exact) mass is 278 g/mol. The molecule has 0 aliphatic heterocycles. The Morgan fingerprint density at radius 3 is 2.65 bits per heavy atom. The van der Waals surface area contributed by atoms with Gasteiger partial charge in [-0.1, -0.05) is 6.07 Å². The molecule has 0 saturated carbocycles. The van der Waals surface area contributed by atoms with Gasteiger partial charge < -0.3 is 11.1 Å². The molecule has 2 aromatic rings. The van der Waals surface area contributed by atoms with E-state index in [0.717, 1.165) is 12.3 Å². The number of nitrogens with zero attached hydrogens (tertiary/aromatic N) is 2. The van der Waals surface area contributed by atoms with Crippen LogP contribution < -0.4 is 11.1 Å². The summed E-state index contributed by atoms with van der Waals surface area (Å²) in [5, 5.41) is 11.5. The average Bonchev–Trinajstić information content (AvgIpc) is 2.40. The van der Waals surface area contributed by atoms with Crippen molar-refractivity contribution < 1.29 is 13.2 Å². The minimum Gasteiger partial charge on any atom is -0.396 e. The molecule has 0 unspecified atom stereocenters. The van der Waals surface area contributed by atoms with Gasteiger partial charge in [0.2, 0.25) is 0 Å².